The third kappa shape index (κ3) is 4.93. The fraction of sp³-hybridized carbons (Fsp3) is 0.222. The van der Waals surface area contributed by atoms with E-state index in [-0.39, 0.29) is 12.5 Å². The third-order valence-electron chi connectivity index (χ3n) is 3.26. The Kier molecular flexibility index (Phi) is 5.88. The van der Waals surface area contributed by atoms with E-state index in [0.29, 0.717) is 17.5 Å². The summed E-state index contributed by atoms with van der Waals surface area (Å²) in [5.74, 6) is 1.21. The second-order valence-electron chi connectivity index (χ2n) is 5.29. The highest BCUT2D eigenvalue weighted by Gasteiger charge is 2.09. The summed E-state index contributed by atoms with van der Waals surface area (Å²) in [6.45, 7) is 2.68. The second-order valence-corrected chi connectivity index (χ2v) is 7.23. The molecule has 1 amide bonds. The van der Waals surface area contributed by atoms with Gasteiger partial charge in [0.15, 0.2) is 11.7 Å². The Morgan fingerprint density at radius 1 is 1.16 bits per heavy atom. The molecule has 5 nitrogen and oxygen atoms in total. The molecule has 3 aromatic rings. The molecule has 25 heavy (non-hydrogen) atoms. The largest absolute Gasteiger partial charge is 0.494 e. The summed E-state index contributed by atoms with van der Waals surface area (Å²) in [7, 11) is 0. The summed E-state index contributed by atoms with van der Waals surface area (Å²) in [6.07, 6.45) is 0.959. The number of benzene rings is 2. The summed E-state index contributed by atoms with van der Waals surface area (Å²) < 4.78 is 13.0. The molecule has 1 aromatic heterocycles. The molecular weight excluding hydrogens is 404 g/mol. The first kappa shape index (κ1) is 17.7. The first-order chi connectivity index (χ1) is 12.1. The molecule has 1 N–H and O–H groups in total. The maximum absolute atomic E-state index is 12.0. The molecule has 0 aliphatic rings. The van der Waals surface area contributed by atoms with E-state index < -0.39 is 0 Å². The van der Waals surface area contributed by atoms with Crippen molar-refractivity contribution in [2.45, 2.75) is 13.3 Å². The van der Waals surface area contributed by atoms with Crippen LogP contribution in [0.2, 0.25) is 0 Å². The van der Waals surface area contributed by atoms with Gasteiger partial charge in [-0.2, -0.15) is 0 Å². The normalized spacial score (nSPS) is 10.6. The van der Waals surface area contributed by atoms with Crippen molar-refractivity contribution in [3.8, 4) is 11.5 Å². The van der Waals surface area contributed by atoms with Gasteiger partial charge >= 0.3 is 0 Å². The number of nitrogens with zero attached hydrogens (tertiary/aromatic N) is 1. The van der Waals surface area contributed by atoms with Crippen molar-refractivity contribution in [3.05, 3.63) is 46.9 Å². The lowest BCUT2D eigenvalue weighted by atomic mass is 10.3. The zero-order valence-corrected chi connectivity index (χ0v) is 16.0. The molecular formula is C18H17BrN2O3S. The van der Waals surface area contributed by atoms with Crippen LogP contribution in [0.15, 0.2) is 46.9 Å². The number of carbonyl (C=O) groups excluding carboxylic acids is 1. The fourth-order valence-corrected chi connectivity index (χ4v) is 3.28. The number of ether oxygens (including phenoxy) is 2. The molecule has 0 unspecified atom stereocenters. The van der Waals surface area contributed by atoms with Crippen molar-refractivity contribution in [3.63, 3.8) is 0 Å². The highest BCUT2D eigenvalue weighted by molar-refractivity contribution is 9.10. The number of hydrogen-bond acceptors (Lipinski definition) is 5. The number of amides is 1. The lowest BCUT2D eigenvalue weighted by molar-refractivity contribution is -0.118. The highest BCUT2D eigenvalue weighted by Crippen LogP contribution is 2.29. The van der Waals surface area contributed by atoms with E-state index in [1.54, 1.807) is 12.1 Å². The van der Waals surface area contributed by atoms with Crippen molar-refractivity contribution >= 4 is 48.5 Å². The van der Waals surface area contributed by atoms with Gasteiger partial charge in [0.2, 0.25) is 0 Å². The number of nitrogens with one attached hydrogen (secondary N) is 1. The zero-order chi connectivity index (χ0) is 17.6. The van der Waals surface area contributed by atoms with E-state index in [2.05, 4.69) is 33.2 Å². The summed E-state index contributed by atoms with van der Waals surface area (Å²) in [5, 5.41) is 3.32. The fourth-order valence-electron chi connectivity index (χ4n) is 2.10. The number of anilines is 1. The lowest BCUT2D eigenvalue weighted by Gasteiger charge is -2.05. The first-order valence-electron chi connectivity index (χ1n) is 7.85. The van der Waals surface area contributed by atoms with Gasteiger partial charge in [-0.25, -0.2) is 4.98 Å². The van der Waals surface area contributed by atoms with Gasteiger partial charge in [-0.1, -0.05) is 34.2 Å². The van der Waals surface area contributed by atoms with Gasteiger partial charge in [0.1, 0.15) is 11.5 Å². The summed E-state index contributed by atoms with van der Waals surface area (Å²) in [6, 6.07) is 13.0. The average Bonchev–Trinajstić information content (AvgIpc) is 3.00. The first-order valence-corrected chi connectivity index (χ1v) is 9.46. The van der Waals surface area contributed by atoms with Gasteiger partial charge in [0.25, 0.3) is 5.91 Å². The Balaban J connectivity index is 1.59. The van der Waals surface area contributed by atoms with Crippen LogP contribution in [0.5, 0.6) is 11.5 Å². The van der Waals surface area contributed by atoms with Crippen molar-refractivity contribution in [1.29, 1.82) is 0 Å². The van der Waals surface area contributed by atoms with Gasteiger partial charge in [0.05, 0.1) is 16.8 Å². The molecule has 0 aliphatic carbocycles. The standard InChI is InChI=1S/C18H17BrN2O3S/c1-2-9-23-14-7-8-15-16(10-14)25-18(20-15)21-17(22)11-24-13-5-3-12(19)4-6-13/h3-8,10H,2,9,11H2,1H3,(H,20,21,22). The summed E-state index contributed by atoms with van der Waals surface area (Å²) in [5.41, 5.74) is 0.831. The van der Waals surface area contributed by atoms with Crippen LogP contribution in [-0.2, 0) is 4.79 Å². The Labute approximate surface area is 158 Å². The molecule has 0 atom stereocenters. The van der Waals surface area contributed by atoms with Crippen molar-refractivity contribution in [1.82, 2.24) is 4.98 Å². The number of rotatable bonds is 7. The predicted molar refractivity (Wildman–Crippen MR) is 104 cm³/mol. The van der Waals surface area contributed by atoms with Crippen molar-refractivity contribution < 1.29 is 14.3 Å². The second kappa shape index (κ2) is 8.31. The molecule has 130 valence electrons. The van der Waals surface area contributed by atoms with Crippen LogP contribution in [-0.4, -0.2) is 24.1 Å². The number of thiazole rings is 1. The zero-order valence-electron chi connectivity index (χ0n) is 13.6. The van der Waals surface area contributed by atoms with Crippen molar-refractivity contribution in [2.24, 2.45) is 0 Å². The molecule has 2 aromatic carbocycles. The monoisotopic (exact) mass is 420 g/mol. The van der Waals surface area contributed by atoms with Crippen LogP contribution >= 0.6 is 27.3 Å². The Bertz CT molecular complexity index is 864. The van der Waals surface area contributed by atoms with Crippen LogP contribution in [0.1, 0.15) is 13.3 Å². The highest BCUT2D eigenvalue weighted by atomic mass is 79.9. The minimum Gasteiger partial charge on any atom is -0.494 e. The van der Waals surface area contributed by atoms with Gasteiger partial charge in [-0.05, 0) is 48.9 Å². The number of fused-ring (bicyclic) bond motifs is 1. The molecule has 1 heterocycles. The van der Waals surface area contributed by atoms with Crippen LogP contribution in [0.25, 0.3) is 10.2 Å². The molecule has 0 saturated carbocycles. The number of hydrogen-bond donors (Lipinski definition) is 1. The van der Waals surface area contributed by atoms with Gasteiger partial charge in [0, 0.05) is 4.47 Å². The SMILES string of the molecule is CCCOc1ccc2nc(NC(=O)COc3ccc(Br)cc3)sc2c1. The van der Waals surface area contributed by atoms with E-state index in [9.17, 15) is 4.79 Å². The number of carbonyl (C=O) groups is 1. The minimum atomic E-state index is -0.246. The Hall–Kier alpha value is -2.12. The average molecular weight is 421 g/mol. The molecule has 3 rings (SSSR count). The number of halogens is 1. The summed E-state index contributed by atoms with van der Waals surface area (Å²) >= 11 is 4.77. The van der Waals surface area contributed by atoms with Gasteiger partial charge in [-0.15, -0.1) is 0 Å². The molecule has 0 fully saturated rings. The third-order valence-corrected chi connectivity index (χ3v) is 4.72. The van der Waals surface area contributed by atoms with E-state index in [1.807, 2.05) is 30.3 Å². The number of aromatic nitrogens is 1. The van der Waals surface area contributed by atoms with Gasteiger partial charge < -0.3 is 9.47 Å². The topological polar surface area (TPSA) is 60.5 Å². The molecule has 0 saturated heterocycles. The van der Waals surface area contributed by atoms with Crippen molar-refractivity contribution in [2.75, 3.05) is 18.5 Å². The van der Waals surface area contributed by atoms with Crippen LogP contribution in [0.3, 0.4) is 0 Å². The molecule has 7 heteroatoms. The van der Waals surface area contributed by atoms with Crippen LogP contribution < -0.4 is 14.8 Å². The molecule has 0 spiro atoms. The molecule has 0 aliphatic heterocycles. The minimum absolute atomic E-state index is 0.0670. The van der Waals surface area contributed by atoms with E-state index in [4.69, 9.17) is 9.47 Å². The predicted octanol–water partition coefficient (Wildman–Crippen LogP) is 4.87. The van der Waals surface area contributed by atoms with Gasteiger partial charge in [-0.3, -0.25) is 10.1 Å². The molecule has 0 radical (unpaired) electrons. The Morgan fingerprint density at radius 2 is 1.92 bits per heavy atom. The maximum Gasteiger partial charge on any atom is 0.264 e. The van der Waals surface area contributed by atoms with E-state index >= 15 is 0 Å². The van der Waals surface area contributed by atoms with Crippen LogP contribution in [0, 0.1) is 0 Å². The molecule has 0 bridgehead atoms. The van der Waals surface area contributed by atoms with E-state index in [1.165, 1.54) is 11.3 Å². The lowest BCUT2D eigenvalue weighted by Crippen LogP contribution is -2.19. The van der Waals surface area contributed by atoms with Crippen LogP contribution in [0.4, 0.5) is 5.13 Å². The summed E-state index contributed by atoms with van der Waals surface area (Å²) in [4.78, 5) is 16.4. The quantitative estimate of drug-likeness (QED) is 0.592. The maximum atomic E-state index is 12.0. The van der Waals surface area contributed by atoms with E-state index in [0.717, 1.165) is 26.9 Å². The smallest absolute Gasteiger partial charge is 0.264 e. The Morgan fingerprint density at radius 3 is 2.68 bits per heavy atom.